The van der Waals surface area contributed by atoms with Crippen LogP contribution in [0.15, 0.2) is 41.0 Å². The van der Waals surface area contributed by atoms with Crippen molar-refractivity contribution in [1.82, 2.24) is 0 Å². The van der Waals surface area contributed by atoms with Crippen LogP contribution >= 0.6 is 11.6 Å². The quantitative estimate of drug-likeness (QED) is 0.691. The molecule has 0 radical (unpaired) electrons. The highest BCUT2D eigenvalue weighted by molar-refractivity contribution is 6.22. The summed E-state index contributed by atoms with van der Waals surface area (Å²) in [5, 5.41) is -0.122. The van der Waals surface area contributed by atoms with Crippen LogP contribution in [-0.2, 0) is 0 Å². The van der Waals surface area contributed by atoms with Gasteiger partial charge >= 0.3 is 0 Å². The molecule has 1 nitrogen and oxygen atoms in total. The SMILES string of the molecule is Cc1ccc(C(Cl)c2coc(C)c2)cc1. The van der Waals surface area contributed by atoms with Crippen molar-refractivity contribution in [2.75, 3.05) is 0 Å². The molecule has 0 bridgehead atoms. The molecule has 15 heavy (non-hydrogen) atoms. The maximum Gasteiger partial charge on any atom is 0.101 e. The van der Waals surface area contributed by atoms with E-state index in [1.807, 2.05) is 13.0 Å². The summed E-state index contributed by atoms with van der Waals surface area (Å²) in [4.78, 5) is 0. The molecule has 1 heterocycles. The Kier molecular flexibility index (Phi) is 2.83. The maximum absolute atomic E-state index is 6.34. The molecule has 0 aliphatic heterocycles. The number of aryl methyl sites for hydroxylation is 2. The fourth-order valence-corrected chi connectivity index (χ4v) is 1.78. The van der Waals surface area contributed by atoms with Crippen LogP contribution < -0.4 is 0 Å². The predicted octanol–water partition coefficient (Wildman–Crippen LogP) is 4.22. The molecule has 0 amide bonds. The van der Waals surface area contributed by atoms with Crippen LogP contribution in [0, 0.1) is 13.8 Å². The van der Waals surface area contributed by atoms with Gasteiger partial charge in [0, 0.05) is 5.56 Å². The molecule has 0 fully saturated rings. The third-order valence-electron chi connectivity index (χ3n) is 2.41. The second-order valence-corrected chi connectivity index (χ2v) is 4.20. The summed E-state index contributed by atoms with van der Waals surface area (Å²) in [5.74, 6) is 0.891. The average Bonchev–Trinajstić information content (AvgIpc) is 2.65. The van der Waals surface area contributed by atoms with E-state index < -0.39 is 0 Å². The molecule has 78 valence electrons. The number of halogens is 1. The first-order valence-electron chi connectivity index (χ1n) is 4.92. The minimum absolute atomic E-state index is 0.122. The summed E-state index contributed by atoms with van der Waals surface area (Å²) in [6.07, 6.45) is 1.72. The van der Waals surface area contributed by atoms with Gasteiger partial charge in [-0.25, -0.2) is 0 Å². The number of furan rings is 1. The Morgan fingerprint density at radius 3 is 2.27 bits per heavy atom. The summed E-state index contributed by atoms with van der Waals surface area (Å²) in [6, 6.07) is 10.2. The molecule has 1 aromatic heterocycles. The summed E-state index contributed by atoms with van der Waals surface area (Å²) < 4.78 is 5.25. The zero-order valence-electron chi connectivity index (χ0n) is 8.83. The van der Waals surface area contributed by atoms with Crippen LogP contribution in [0.1, 0.15) is 27.8 Å². The number of rotatable bonds is 2. The van der Waals surface area contributed by atoms with Crippen molar-refractivity contribution >= 4 is 11.6 Å². The zero-order valence-corrected chi connectivity index (χ0v) is 9.58. The molecule has 1 unspecified atom stereocenters. The molecule has 2 rings (SSSR count). The lowest BCUT2D eigenvalue weighted by atomic mass is 10.1. The highest BCUT2D eigenvalue weighted by atomic mass is 35.5. The van der Waals surface area contributed by atoms with Crippen LogP contribution in [0.2, 0.25) is 0 Å². The molecular weight excluding hydrogens is 208 g/mol. The van der Waals surface area contributed by atoms with E-state index >= 15 is 0 Å². The Balaban J connectivity index is 2.28. The predicted molar refractivity (Wildman–Crippen MR) is 62.3 cm³/mol. The second-order valence-electron chi connectivity index (χ2n) is 3.76. The minimum Gasteiger partial charge on any atom is -0.469 e. The van der Waals surface area contributed by atoms with Gasteiger partial charge in [-0.05, 0) is 25.5 Å². The molecule has 0 saturated heterocycles. The smallest absolute Gasteiger partial charge is 0.101 e. The van der Waals surface area contributed by atoms with E-state index in [1.54, 1.807) is 6.26 Å². The number of benzene rings is 1. The Hall–Kier alpha value is -1.21. The van der Waals surface area contributed by atoms with Crippen molar-refractivity contribution in [3.8, 4) is 0 Å². The van der Waals surface area contributed by atoms with E-state index in [-0.39, 0.29) is 5.38 Å². The first-order valence-corrected chi connectivity index (χ1v) is 5.36. The first-order chi connectivity index (χ1) is 7.16. The van der Waals surface area contributed by atoms with Gasteiger partial charge in [-0.1, -0.05) is 29.8 Å². The molecule has 0 saturated carbocycles. The summed E-state index contributed by atoms with van der Waals surface area (Å²) in [6.45, 7) is 3.98. The lowest BCUT2D eigenvalue weighted by Crippen LogP contribution is -1.90. The highest BCUT2D eigenvalue weighted by Gasteiger charge is 2.12. The Morgan fingerprint density at radius 1 is 1.07 bits per heavy atom. The molecule has 0 spiro atoms. The lowest BCUT2D eigenvalue weighted by molar-refractivity contribution is 0.532. The molecular formula is C13H13ClO. The molecule has 0 N–H and O–H groups in total. The highest BCUT2D eigenvalue weighted by Crippen LogP contribution is 2.29. The van der Waals surface area contributed by atoms with E-state index in [0.717, 1.165) is 16.9 Å². The van der Waals surface area contributed by atoms with E-state index in [4.69, 9.17) is 16.0 Å². The average molecular weight is 221 g/mol. The topological polar surface area (TPSA) is 13.1 Å². The minimum atomic E-state index is -0.122. The van der Waals surface area contributed by atoms with Gasteiger partial charge in [0.15, 0.2) is 0 Å². The maximum atomic E-state index is 6.34. The standard InChI is InChI=1S/C13H13ClO/c1-9-3-5-11(6-4-9)13(14)12-7-10(2)15-8-12/h3-8,13H,1-2H3. The summed E-state index contributed by atoms with van der Waals surface area (Å²) in [5.41, 5.74) is 3.35. The van der Waals surface area contributed by atoms with Gasteiger partial charge in [-0.15, -0.1) is 11.6 Å². The molecule has 0 aliphatic rings. The van der Waals surface area contributed by atoms with Gasteiger partial charge in [0.25, 0.3) is 0 Å². The van der Waals surface area contributed by atoms with E-state index in [2.05, 4.69) is 31.2 Å². The van der Waals surface area contributed by atoms with Crippen LogP contribution in [-0.4, -0.2) is 0 Å². The van der Waals surface area contributed by atoms with Crippen molar-refractivity contribution in [2.24, 2.45) is 0 Å². The molecule has 1 atom stereocenters. The molecule has 2 aromatic rings. The zero-order chi connectivity index (χ0) is 10.8. The van der Waals surface area contributed by atoms with Crippen molar-refractivity contribution < 1.29 is 4.42 Å². The van der Waals surface area contributed by atoms with Crippen LogP contribution in [0.25, 0.3) is 0 Å². The largest absolute Gasteiger partial charge is 0.469 e. The van der Waals surface area contributed by atoms with Crippen LogP contribution in [0.5, 0.6) is 0 Å². The van der Waals surface area contributed by atoms with Gasteiger partial charge in [0.05, 0.1) is 11.6 Å². The summed E-state index contributed by atoms with van der Waals surface area (Å²) in [7, 11) is 0. The van der Waals surface area contributed by atoms with Crippen molar-refractivity contribution in [3.05, 3.63) is 59.0 Å². The fourth-order valence-electron chi connectivity index (χ4n) is 1.52. The number of hydrogen-bond donors (Lipinski definition) is 0. The lowest BCUT2D eigenvalue weighted by Gasteiger charge is -2.07. The van der Waals surface area contributed by atoms with Gasteiger partial charge in [-0.3, -0.25) is 0 Å². The van der Waals surface area contributed by atoms with Crippen LogP contribution in [0.4, 0.5) is 0 Å². The van der Waals surface area contributed by atoms with E-state index in [0.29, 0.717) is 0 Å². The third-order valence-corrected chi connectivity index (χ3v) is 2.92. The third kappa shape index (κ3) is 2.24. The normalized spacial score (nSPS) is 12.7. The second kappa shape index (κ2) is 4.11. The van der Waals surface area contributed by atoms with Crippen molar-refractivity contribution in [2.45, 2.75) is 19.2 Å². The van der Waals surface area contributed by atoms with Gasteiger partial charge in [0.2, 0.25) is 0 Å². The van der Waals surface area contributed by atoms with Crippen molar-refractivity contribution in [3.63, 3.8) is 0 Å². The van der Waals surface area contributed by atoms with Gasteiger partial charge < -0.3 is 4.42 Å². The Labute approximate surface area is 94.7 Å². The Bertz CT molecular complexity index is 442. The number of hydrogen-bond acceptors (Lipinski definition) is 1. The van der Waals surface area contributed by atoms with E-state index in [1.165, 1.54) is 5.56 Å². The molecule has 1 aromatic carbocycles. The monoisotopic (exact) mass is 220 g/mol. The first kappa shape index (κ1) is 10.3. The molecule has 2 heteroatoms. The fraction of sp³-hybridized carbons (Fsp3) is 0.231. The number of alkyl halides is 1. The van der Waals surface area contributed by atoms with Crippen molar-refractivity contribution in [1.29, 1.82) is 0 Å². The van der Waals surface area contributed by atoms with Gasteiger partial charge in [-0.2, -0.15) is 0 Å². The summed E-state index contributed by atoms with van der Waals surface area (Å²) >= 11 is 6.34. The van der Waals surface area contributed by atoms with E-state index in [9.17, 15) is 0 Å². The van der Waals surface area contributed by atoms with Crippen LogP contribution in [0.3, 0.4) is 0 Å². The Morgan fingerprint density at radius 2 is 1.73 bits per heavy atom. The van der Waals surface area contributed by atoms with Gasteiger partial charge in [0.1, 0.15) is 5.76 Å². The molecule has 0 aliphatic carbocycles.